The van der Waals surface area contributed by atoms with Crippen molar-refractivity contribution in [2.45, 2.75) is 63.1 Å². The second-order valence-electron chi connectivity index (χ2n) is 13.3. The van der Waals surface area contributed by atoms with Crippen LogP contribution in [-0.4, -0.2) is 69.8 Å². The number of benzene rings is 3. The number of nitrogens with one attached hydrogen (secondary N) is 2. The Kier molecular flexibility index (Phi) is 8.71. The summed E-state index contributed by atoms with van der Waals surface area (Å²) in [5, 5.41) is 5.64. The average molecular weight is 690 g/mol. The fourth-order valence-electron chi connectivity index (χ4n) is 6.53. The van der Waals surface area contributed by atoms with Gasteiger partial charge in [-0.15, -0.1) is 0 Å². The molecule has 1 saturated heterocycles. The molecule has 13 nitrogen and oxygen atoms in total. The Morgan fingerprint density at radius 1 is 0.843 bits per heavy atom. The molecule has 4 amide bonds. The van der Waals surface area contributed by atoms with E-state index in [9.17, 15) is 24.0 Å². The molecule has 2 aliphatic heterocycles. The fraction of sp³-hybridized carbons (Fsp3) is 0.289. The average Bonchev–Trinajstić information content (AvgIpc) is 3.36. The van der Waals surface area contributed by atoms with E-state index >= 15 is 0 Å². The molecule has 1 saturated carbocycles. The number of nitrogens with zero attached hydrogens (tertiary/aromatic N) is 3. The van der Waals surface area contributed by atoms with Crippen LogP contribution in [0.5, 0.6) is 17.2 Å². The predicted octanol–water partition coefficient (Wildman–Crippen LogP) is 4.80. The van der Waals surface area contributed by atoms with Gasteiger partial charge in [0.05, 0.1) is 30.6 Å². The number of carbonyl (C=O) groups excluding carboxylic acids is 5. The van der Waals surface area contributed by atoms with Crippen LogP contribution >= 0.6 is 0 Å². The lowest BCUT2D eigenvalue weighted by molar-refractivity contribution is -0.136. The second kappa shape index (κ2) is 13.3. The van der Waals surface area contributed by atoms with Gasteiger partial charge in [-0.3, -0.25) is 29.4 Å². The summed E-state index contributed by atoms with van der Waals surface area (Å²) in [6.07, 6.45) is 4.58. The Morgan fingerprint density at radius 2 is 1.47 bits per heavy atom. The first-order valence-electron chi connectivity index (χ1n) is 16.6. The number of imide groups is 2. The van der Waals surface area contributed by atoms with Crippen molar-refractivity contribution in [3.8, 4) is 17.2 Å². The van der Waals surface area contributed by atoms with Gasteiger partial charge in [-0.25, -0.2) is 14.8 Å². The van der Waals surface area contributed by atoms with Gasteiger partial charge in [-0.1, -0.05) is 38.1 Å². The molecular weight excluding hydrogens is 654 g/mol. The van der Waals surface area contributed by atoms with Crippen LogP contribution in [0.1, 0.15) is 82.0 Å². The standard InChI is InChI=1S/C38H35N5O8/c1-38(2,22-6-11-26(12-7-22)51-28-19-39-33(40-20-28)37(48)49-3)21-4-9-25(10-5-21)50-27-16-24(17-27)41-23-8-13-29-30(18-23)36(47)43(35(29)46)31-14-15-32(44)42-34(31)45/h4-13,18-20,24,27,31,41H,14-17H2,1-3H3,(H,42,44,45). The number of aromatic nitrogens is 2. The van der Waals surface area contributed by atoms with Gasteiger partial charge in [-0.2, -0.15) is 0 Å². The van der Waals surface area contributed by atoms with Crippen LogP contribution in [0.2, 0.25) is 0 Å². The highest BCUT2D eigenvalue weighted by molar-refractivity contribution is 6.23. The Labute approximate surface area is 293 Å². The normalized spacial score (nSPS) is 19.9. The third-order valence-corrected chi connectivity index (χ3v) is 9.59. The molecule has 1 unspecified atom stereocenters. The van der Waals surface area contributed by atoms with E-state index in [2.05, 4.69) is 51.3 Å². The fourth-order valence-corrected chi connectivity index (χ4v) is 6.53. The molecule has 13 heteroatoms. The first-order chi connectivity index (χ1) is 24.5. The lowest BCUT2D eigenvalue weighted by Crippen LogP contribution is -2.54. The van der Waals surface area contributed by atoms with Gasteiger partial charge in [0.25, 0.3) is 11.8 Å². The third-order valence-electron chi connectivity index (χ3n) is 9.59. The van der Waals surface area contributed by atoms with Gasteiger partial charge in [0.15, 0.2) is 5.75 Å². The molecule has 51 heavy (non-hydrogen) atoms. The lowest BCUT2D eigenvalue weighted by Gasteiger charge is -2.36. The summed E-state index contributed by atoms with van der Waals surface area (Å²) < 4.78 is 16.7. The van der Waals surface area contributed by atoms with Crippen LogP contribution in [0.25, 0.3) is 0 Å². The molecule has 0 radical (unpaired) electrons. The maximum Gasteiger partial charge on any atom is 0.376 e. The predicted molar refractivity (Wildman–Crippen MR) is 183 cm³/mol. The van der Waals surface area contributed by atoms with Crippen molar-refractivity contribution in [2.24, 2.45) is 0 Å². The smallest absolute Gasteiger partial charge is 0.376 e. The number of hydrogen-bond donors (Lipinski definition) is 2. The Balaban J connectivity index is 0.907. The summed E-state index contributed by atoms with van der Waals surface area (Å²) >= 11 is 0. The monoisotopic (exact) mass is 689 g/mol. The number of methoxy groups -OCH3 is 1. The number of ether oxygens (including phenoxy) is 3. The molecule has 2 N–H and O–H groups in total. The molecule has 4 aromatic rings. The molecule has 3 aromatic carbocycles. The number of rotatable bonds is 10. The van der Waals surface area contributed by atoms with E-state index in [1.165, 1.54) is 19.5 Å². The molecule has 7 rings (SSSR count). The van der Waals surface area contributed by atoms with E-state index in [1.807, 2.05) is 36.4 Å². The highest BCUT2D eigenvalue weighted by Gasteiger charge is 2.45. The Morgan fingerprint density at radius 3 is 2.10 bits per heavy atom. The quantitative estimate of drug-likeness (QED) is 0.173. The van der Waals surface area contributed by atoms with Crippen LogP contribution in [0.3, 0.4) is 0 Å². The van der Waals surface area contributed by atoms with E-state index in [1.54, 1.807) is 18.2 Å². The molecule has 3 aliphatic rings. The third kappa shape index (κ3) is 6.62. The number of hydrogen-bond acceptors (Lipinski definition) is 11. The van der Waals surface area contributed by atoms with Crippen molar-refractivity contribution >= 4 is 35.3 Å². The highest BCUT2D eigenvalue weighted by atomic mass is 16.5. The number of carbonyl (C=O) groups is 5. The van der Waals surface area contributed by atoms with Crippen molar-refractivity contribution in [3.63, 3.8) is 0 Å². The van der Waals surface area contributed by atoms with Crippen LogP contribution < -0.4 is 20.1 Å². The van der Waals surface area contributed by atoms with Gasteiger partial charge >= 0.3 is 5.97 Å². The number of amides is 4. The van der Waals surface area contributed by atoms with Gasteiger partial charge < -0.3 is 19.5 Å². The van der Waals surface area contributed by atoms with Crippen molar-refractivity contribution in [1.82, 2.24) is 20.2 Å². The molecule has 260 valence electrons. The van der Waals surface area contributed by atoms with Gasteiger partial charge in [-0.05, 0) is 60.0 Å². The lowest BCUT2D eigenvalue weighted by atomic mass is 9.78. The van der Waals surface area contributed by atoms with Crippen molar-refractivity contribution in [2.75, 3.05) is 12.4 Å². The van der Waals surface area contributed by atoms with Crippen LogP contribution in [0.15, 0.2) is 79.1 Å². The summed E-state index contributed by atoms with van der Waals surface area (Å²) in [4.78, 5) is 70.5. The van der Waals surface area contributed by atoms with E-state index in [4.69, 9.17) is 9.47 Å². The topological polar surface area (TPSA) is 166 Å². The largest absolute Gasteiger partial charge is 0.490 e. The Bertz CT molecular complexity index is 2020. The van der Waals surface area contributed by atoms with Gasteiger partial charge in [0.2, 0.25) is 17.6 Å². The van der Waals surface area contributed by atoms with Crippen molar-refractivity contribution < 1.29 is 38.2 Å². The van der Waals surface area contributed by atoms with E-state index in [0.717, 1.165) is 34.6 Å². The SMILES string of the molecule is COC(=O)c1ncc(Oc2ccc(C(C)(C)c3ccc(OC4CC(Nc5ccc6c(c5)C(=O)N(C5CCC(=O)NC5=O)C6=O)C4)cc3)cc2)cn1. The highest BCUT2D eigenvalue weighted by Crippen LogP contribution is 2.36. The van der Waals surface area contributed by atoms with E-state index in [0.29, 0.717) is 17.2 Å². The van der Waals surface area contributed by atoms with Crippen molar-refractivity contribution in [3.05, 3.63) is 107 Å². The first-order valence-corrected chi connectivity index (χ1v) is 16.6. The zero-order chi connectivity index (χ0) is 35.9. The summed E-state index contributed by atoms with van der Waals surface area (Å²) in [7, 11) is 1.27. The summed E-state index contributed by atoms with van der Waals surface area (Å²) in [5.74, 6) is -0.966. The zero-order valence-corrected chi connectivity index (χ0v) is 28.2. The van der Waals surface area contributed by atoms with Crippen LogP contribution in [-0.2, 0) is 19.7 Å². The Hall–Kier alpha value is -6.11. The van der Waals surface area contributed by atoms with Gasteiger partial charge in [0.1, 0.15) is 23.6 Å². The molecule has 2 fully saturated rings. The minimum atomic E-state index is -0.994. The zero-order valence-electron chi connectivity index (χ0n) is 28.2. The van der Waals surface area contributed by atoms with Crippen LogP contribution in [0, 0.1) is 0 Å². The van der Waals surface area contributed by atoms with Gasteiger partial charge in [0, 0.05) is 36.4 Å². The van der Waals surface area contributed by atoms with Crippen LogP contribution in [0.4, 0.5) is 5.69 Å². The number of fused-ring (bicyclic) bond motifs is 1. The van der Waals surface area contributed by atoms with Crippen molar-refractivity contribution in [1.29, 1.82) is 0 Å². The molecule has 3 heterocycles. The number of piperidine rings is 1. The summed E-state index contributed by atoms with van der Waals surface area (Å²) in [6.45, 7) is 4.30. The minimum Gasteiger partial charge on any atom is -0.490 e. The van der Waals surface area contributed by atoms with E-state index in [-0.39, 0.29) is 47.4 Å². The summed E-state index contributed by atoms with van der Waals surface area (Å²) in [6, 6.07) is 20.0. The number of anilines is 1. The second-order valence-corrected chi connectivity index (χ2v) is 13.3. The molecule has 1 aliphatic carbocycles. The minimum absolute atomic E-state index is 0.0247. The maximum atomic E-state index is 13.2. The summed E-state index contributed by atoms with van der Waals surface area (Å²) in [5.41, 5.74) is 3.11. The molecule has 1 aromatic heterocycles. The first kappa shape index (κ1) is 33.4. The molecule has 1 atom stereocenters. The van der Waals surface area contributed by atoms with E-state index < -0.39 is 35.6 Å². The molecule has 0 bridgehead atoms. The maximum absolute atomic E-state index is 13.2. The number of esters is 1. The molecular formula is C38H35N5O8. The molecule has 0 spiro atoms.